The monoisotopic (exact) mass is 285 g/mol. The van der Waals surface area contributed by atoms with Gasteiger partial charge in [-0.05, 0) is 19.1 Å². The van der Waals surface area contributed by atoms with Crippen LogP contribution in [-0.2, 0) is 9.59 Å². The minimum Gasteiger partial charge on any atom is -0.354 e. The molecule has 1 aromatic heterocycles. The van der Waals surface area contributed by atoms with Crippen LogP contribution < -0.4 is 15.5 Å². The number of hydrogen-bond acceptors (Lipinski definition) is 6. The maximum Gasteiger partial charge on any atom is 0.246 e. The average molecular weight is 285 g/mol. The molecule has 21 heavy (non-hydrogen) atoms. The fourth-order valence-corrected chi connectivity index (χ4v) is 2.33. The van der Waals surface area contributed by atoms with Gasteiger partial charge in [0.25, 0.3) is 0 Å². The van der Waals surface area contributed by atoms with Crippen LogP contribution in [-0.4, -0.2) is 41.4 Å². The summed E-state index contributed by atoms with van der Waals surface area (Å²) in [5.74, 6) is 0.447. The molecule has 2 amide bonds. The van der Waals surface area contributed by atoms with Crippen molar-refractivity contribution in [1.29, 1.82) is 0 Å². The molecule has 0 atom stereocenters. The first-order valence-electron chi connectivity index (χ1n) is 6.75. The van der Waals surface area contributed by atoms with Gasteiger partial charge in [0.05, 0.1) is 18.6 Å². The minimum atomic E-state index is -0.320. The van der Waals surface area contributed by atoms with E-state index in [9.17, 15) is 9.59 Å². The highest BCUT2D eigenvalue weighted by atomic mass is 16.2. The number of carbonyl (C=O) groups excluding carboxylic acids is 2. The minimum absolute atomic E-state index is 0.109. The van der Waals surface area contributed by atoms with Crippen LogP contribution in [0.15, 0.2) is 24.3 Å². The number of benzene rings is 1. The van der Waals surface area contributed by atoms with E-state index in [0.29, 0.717) is 18.3 Å². The molecule has 1 saturated heterocycles. The number of para-hydroxylation sites is 1. The van der Waals surface area contributed by atoms with Crippen molar-refractivity contribution in [3.8, 4) is 0 Å². The molecular weight excluding hydrogens is 270 g/mol. The molecule has 0 bridgehead atoms. The summed E-state index contributed by atoms with van der Waals surface area (Å²) in [5.41, 5.74) is 0.775. The number of fused-ring (bicyclic) bond motifs is 1. The van der Waals surface area contributed by atoms with Gasteiger partial charge in [-0.1, -0.05) is 12.1 Å². The van der Waals surface area contributed by atoms with Crippen molar-refractivity contribution in [3.63, 3.8) is 0 Å². The molecule has 1 aliphatic heterocycles. The van der Waals surface area contributed by atoms with Gasteiger partial charge in [0.15, 0.2) is 0 Å². The van der Waals surface area contributed by atoms with Gasteiger partial charge in [-0.3, -0.25) is 14.9 Å². The van der Waals surface area contributed by atoms with Crippen LogP contribution in [0.4, 0.5) is 11.8 Å². The van der Waals surface area contributed by atoms with E-state index in [2.05, 4.69) is 20.6 Å². The molecule has 1 fully saturated rings. The normalized spacial score (nSPS) is 15.2. The molecule has 0 saturated carbocycles. The number of nitrogens with one attached hydrogen (secondary N) is 2. The fraction of sp³-hybridized carbons (Fsp3) is 0.286. The highest BCUT2D eigenvalue weighted by Crippen LogP contribution is 2.25. The van der Waals surface area contributed by atoms with E-state index >= 15 is 0 Å². The third-order valence-electron chi connectivity index (χ3n) is 3.17. The first kappa shape index (κ1) is 13.3. The molecule has 0 spiro atoms. The average Bonchev–Trinajstić information content (AvgIpc) is 2.46. The third-order valence-corrected chi connectivity index (χ3v) is 3.17. The molecule has 0 unspecified atom stereocenters. The van der Waals surface area contributed by atoms with Gasteiger partial charge in [-0.25, -0.2) is 4.98 Å². The number of piperazine rings is 1. The summed E-state index contributed by atoms with van der Waals surface area (Å²) < 4.78 is 0. The number of rotatable bonds is 3. The molecule has 7 nitrogen and oxygen atoms in total. The first-order valence-corrected chi connectivity index (χ1v) is 6.75. The first-order chi connectivity index (χ1) is 10.2. The van der Waals surface area contributed by atoms with Crippen LogP contribution in [0.25, 0.3) is 10.9 Å². The zero-order valence-electron chi connectivity index (χ0n) is 11.6. The highest BCUT2D eigenvalue weighted by molar-refractivity contribution is 6.04. The number of anilines is 2. The molecule has 1 aliphatic rings. The van der Waals surface area contributed by atoms with Crippen molar-refractivity contribution in [2.24, 2.45) is 0 Å². The van der Waals surface area contributed by atoms with E-state index in [0.717, 1.165) is 10.9 Å². The molecule has 2 N–H and O–H groups in total. The number of nitrogens with zero attached hydrogens (tertiary/aromatic N) is 3. The second-order valence-corrected chi connectivity index (χ2v) is 4.75. The van der Waals surface area contributed by atoms with Crippen molar-refractivity contribution in [1.82, 2.24) is 15.3 Å². The van der Waals surface area contributed by atoms with Crippen LogP contribution in [0, 0.1) is 0 Å². The smallest absolute Gasteiger partial charge is 0.246 e. The fourth-order valence-electron chi connectivity index (χ4n) is 2.33. The molecule has 108 valence electrons. The van der Waals surface area contributed by atoms with Crippen LogP contribution in [0.1, 0.15) is 6.92 Å². The van der Waals surface area contributed by atoms with E-state index < -0.39 is 0 Å². The van der Waals surface area contributed by atoms with Crippen molar-refractivity contribution < 1.29 is 9.59 Å². The van der Waals surface area contributed by atoms with Crippen molar-refractivity contribution in [2.75, 3.05) is 29.9 Å². The number of hydrogen-bond donors (Lipinski definition) is 2. The van der Waals surface area contributed by atoms with Gasteiger partial charge >= 0.3 is 0 Å². The van der Waals surface area contributed by atoms with E-state index in [1.165, 1.54) is 0 Å². The maximum atomic E-state index is 11.6. The van der Waals surface area contributed by atoms with Crippen molar-refractivity contribution in [3.05, 3.63) is 24.3 Å². The molecular formula is C14H15N5O2. The van der Waals surface area contributed by atoms with Crippen LogP contribution in [0.2, 0.25) is 0 Å². The summed E-state index contributed by atoms with van der Waals surface area (Å²) >= 11 is 0. The van der Waals surface area contributed by atoms with E-state index in [1.807, 2.05) is 31.2 Å². The standard InChI is InChI=1S/C14H15N5O2/c1-2-15-14-16-10-6-4-3-5-9(10)13(18-14)19-7-11(20)17-12(21)8-19/h3-6H,2,7-8H2,1H3,(H,15,16,18)(H,17,20,21). The Balaban J connectivity index is 2.10. The van der Waals surface area contributed by atoms with E-state index in [-0.39, 0.29) is 24.9 Å². The van der Waals surface area contributed by atoms with Gasteiger partial charge in [0.1, 0.15) is 5.82 Å². The van der Waals surface area contributed by atoms with E-state index in [4.69, 9.17) is 0 Å². The summed E-state index contributed by atoms with van der Waals surface area (Å²) in [6, 6.07) is 7.54. The third kappa shape index (κ3) is 2.62. The summed E-state index contributed by atoms with van der Waals surface area (Å²) in [7, 11) is 0. The summed E-state index contributed by atoms with van der Waals surface area (Å²) in [6.45, 7) is 2.86. The molecule has 0 aliphatic carbocycles. The highest BCUT2D eigenvalue weighted by Gasteiger charge is 2.25. The van der Waals surface area contributed by atoms with Gasteiger partial charge in [0.2, 0.25) is 17.8 Å². The lowest BCUT2D eigenvalue weighted by Gasteiger charge is -2.27. The molecule has 2 aromatic rings. The Hall–Kier alpha value is -2.70. The summed E-state index contributed by atoms with van der Waals surface area (Å²) in [6.07, 6.45) is 0. The largest absolute Gasteiger partial charge is 0.354 e. The molecule has 3 rings (SSSR count). The van der Waals surface area contributed by atoms with Gasteiger partial charge in [-0.15, -0.1) is 0 Å². The molecule has 0 radical (unpaired) electrons. The number of carbonyl (C=O) groups is 2. The van der Waals surface area contributed by atoms with Gasteiger partial charge < -0.3 is 10.2 Å². The van der Waals surface area contributed by atoms with E-state index in [1.54, 1.807) is 4.90 Å². The van der Waals surface area contributed by atoms with Crippen molar-refractivity contribution in [2.45, 2.75) is 6.92 Å². The SMILES string of the molecule is CCNc1nc(N2CC(=O)NC(=O)C2)c2ccccc2n1. The molecule has 1 aromatic carbocycles. The Labute approximate surface area is 121 Å². The Morgan fingerprint density at radius 2 is 1.90 bits per heavy atom. The number of imide groups is 1. The van der Waals surface area contributed by atoms with Gasteiger partial charge in [0, 0.05) is 11.9 Å². The second kappa shape index (κ2) is 5.35. The molecule has 7 heteroatoms. The Morgan fingerprint density at radius 1 is 1.19 bits per heavy atom. The lowest BCUT2D eigenvalue weighted by atomic mass is 10.2. The van der Waals surface area contributed by atoms with Crippen molar-refractivity contribution >= 4 is 34.5 Å². The predicted molar refractivity (Wildman–Crippen MR) is 79.1 cm³/mol. The summed E-state index contributed by atoms with van der Waals surface area (Å²) in [5, 5.41) is 6.18. The zero-order valence-corrected chi connectivity index (χ0v) is 11.6. The topological polar surface area (TPSA) is 87.2 Å². The Kier molecular flexibility index (Phi) is 3.39. The Morgan fingerprint density at radius 3 is 2.62 bits per heavy atom. The van der Waals surface area contributed by atoms with Crippen LogP contribution in [0.5, 0.6) is 0 Å². The molecule has 2 heterocycles. The second-order valence-electron chi connectivity index (χ2n) is 4.75. The lowest BCUT2D eigenvalue weighted by molar-refractivity contribution is -0.130. The number of aromatic nitrogens is 2. The van der Waals surface area contributed by atoms with Crippen LogP contribution >= 0.6 is 0 Å². The maximum absolute atomic E-state index is 11.6. The quantitative estimate of drug-likeness (QED) is 0.800. The number of amides is 2. The zero-order chi connectivity index (χ0) is 14.8. The van der Waals surface area contributed by atoms with Gasteiger partial charge in [-0.2, -0.15) is 4.98 Å². The van der Waals surface area contributed by atoms with Crippen LogP contribution in [0.3, 0.4) is 0 Å². The predicted octanol–water partition coefficient (Wildman–Crippen LogP) is 0.524. The summed E-state index contributed by atoms with van der Waals surface area (Å²) in [4.78, 5) is 33.7. The Bertz CT molecular complexity index is 700. The lowest BCUT2D eigenvalue weighted by Crippen LogP contribution is -2.51.